The maximum absolute atomic E-state index is 5.55. The van der Waals surface area contributed by atoms with Gasteiger partial charge in [0.25, 0.3) is 0 Å². The van der Waals surface area contributed by atoms with Crippen molar-refractivity contribution in [3.8, 4) is 5.75 Å². The van der Waals surface area contributed by atoms with Gasteiger partial charge in [0.1, 0.15) is 5.75 Å². The summed E-state index contributed by atoms with van der Waals surface area (Å²) in [6, 6.07) is 2.60. The minimum absolute atomic E-state index is 0.489. The van der Waals surface area contributed by atoms with Gasteiger partial charge in [-0.2, -0.15) is 0 Å². The molecule has 1 aliphatic rings. The minimum Gasteiger partial charge on any atom is -0.496 e. The molecule has 2 rings (SSSR count). The minimum atomic E-state index is 0.489. The van der Waals surface area contributed by atoms with Gasteiger partial charge in [-0.25, -0.2) is 0 Å². The van der Waals surface area contributed by atoms with Crippen LogP contribution in [0.15, 0.2) is 11.4 Å². The van der Waals surface area contributed by atoms with Crippen molar-refractivity contribution in [3.63, 3.8) is 0 Å². The van der Waals surface area contributed by atoms with Crippen molar-refractivity contribution in [2.45, 2.75) is 58.4 Å². The fraction of sp³-hybridized carbons (Fsp3) is 0.765. The van der Waals surface area contributed by atoms with Crippen molar-refractivity contribution in [2.24, 2.45) is 11.8 Å². The SMILES string of the molecule is CCCNC(c1sccc1OC)C1CCC(CC)CC1. The molecular formula is C17H29NOS. The number of thiophene rings is 1. The number of methoxy groups -OCH3 is 1. The molecule has 0 bridgehead atoms. The first-order valence-electron chi connectivity index (χ1n) is 8.14. The van der Waals surface area contributed by atoms with Crippen LogP contribution in [0.25, 0.3) is 0 Å². The largest absolute Gasteiger partial charge is 0.496 e. The summed E-state index contributed by atoms with van der Waals surface area (Å²) >= 11 is 1.85. The lowest BCUT2D eigenvalue weighted by Crippen LogP contribution is -2.31. The Hall–Kier alpha value is -0.540. The van der Waals surface area contributed by atoms with Crippen LogP contribution in [0.5, 0.6) is 5.75 Å². The monoisotopic (exact) mass is 295 g/mol. The molecule has 1 aromatic heterocycles. The Kier molecular flexibility index (Phi) is 6.37. The lowest BCUT2D eigenvalue weighted by Gasteiger charge is -2.34. The molecule has 1 aliphatic carbocycles. The topological polar surface area (TPSA) is 21.3 Å². The second-order valence-electron chi connectivity index (χ2n) is 5.97. The summed E-state index contributed by atoms with van der Waals surface area (Å²) in [7, 11) is 1.79. The average molecular weight is 295 g/mol. The van der Waals surface area contributed by atoms with E-state index in [-0.39, 0.29) is 0 Å². The Morgan fingerprint density at radius 2 is 2.05 bits per heavy atom. The third-order valence-corrected chi connectivity index (χ3v) is 5.70. The normalized spacial score (nSPS) is 24.6. The van der Waals surface area contributed by atoms with Crippen molar-refractivity contribution in [1.82, 2.24) is 5.32 Å². The fourth-order valence-electron chi connectivity index (χ4n) is 3.41. The molecule has 2 nitrogen and oxygen atoms in total. The fourth-order valence-corrected chi connectivity index (χ4v) is 4.44. The van der Waals surface area contributed by atoms with Gasteiger partial charge < -0.3 is 10.1 Å². The molecule has 1 N–H and O–H groups in total. The van der Waals surface area contributed by atoms with E-state index < -0.39 is 0 Å². The molecule has 0 aliphatic heterocycles. The molecule has 1 atom stereocenters. The predicted octanol–water partition coefficient (Wildman–Crippen LogP) is 5.01. The molecule has 0 aromatic carbocycles. The molecule has 1 saturated carbocycles. The summed E-state index contributed by atoms with van der Waals surface area (Å²) in [5.41, 5.74) is 0. The van der Waals surface area contributed by atoms with E-state index >= 15 is 0 Å². The van der Waals surface area contributed by atoms with Crippen LogP contribution in [0, 0.1) is 11.8 Å². The highest BCUT2D eigenvalue weighted by Crippen LogP contribution is 2.42. The highest BCUT2D eigenvalue weighted by atomic mass is 32.1. The van der Waals surface area contributed by atoms with E-state index in [2.05, 4.69) is 30.6 Å². The van der Waals surface area contributed by atoms with Gasteiger partial charge >= 0.3 is 0 Å². The number of rotatable bonds is 7. The van der Waals surface area contributed by atoms with E-state index in [1.807, 2.05) is 11.3 Å². The van der Waals surface area contributed by atoms with E-state index in [0.717, 1.165) is 24.1 Å². The predicted molar refractivity (Wildman–Crippen MR) is 87.6 cm³/mol. The second kappa shape index (κ2) is 8.04. The molecule has 3 heteroatoms. The van der Waals surface area contributed by atoms with E-state index in [9.17, 15) is 0 Å². The maximum atomic E-state index is 5.55. The zero-order valence-corrected chi connectivity index (χ0v) is 14.0. The molecule has 1 fully saturated rings. The van der Waals surface area contributed by atoms with Crippen LogP contribution in [0.1, 0.15) is 63.3 Å². The first-order valence-corrected chi connectivity index (χ1v) is 9.02. The lowest BCUT2D eigenvalue weighted by molar-refractivity contribution is 0.218. The van der Waals surface area contributed by atoms with Gasteiger partial charge in [-0.3, -0.25) is 0 Å². The van der Waals surface area contributed by atoms with Gasteiger partial charge in [0.15, 0.2) is 0 Å². The van der Waals surface area contributed by atoms with E-state index in [0.29, 0.717) is 6.04 Å². The van der Waals surface area contributed by atoms with E-state index in [1.165, 1.54) is 43.4 Å². The van der Waals surface area contributed by atoms with Crippen LogP contribution in [0.2, 0.25) is 0 Å². The van der Waals surface area contributed by atoms with Crippen LogP contribution in [0.4, 0.5) is 0 Å². The van der Waals surface area contributed by atoms with Gasteiger partial charge in [-0.1, -0.05) is 33.1 Å². The summed E-state index contributed by atoms with van der Waals surface area (Å²) in [5.74, 6) is 2.81. The van der Waals surface area contributed by atoms with E-state index in [1.54, 1.807) is 7.11 Å². The van der Waals surface area contributed by atoms with E-state index in [4.69, 9.17) is 4.74 Å². The van der Waals surface area contributed by atoms with Gasteiger partial charge in [0, 0.05) is 6.04 Å². The molecule has 1 unspecified atom stereocenters. The Morgan fingerprint density at radius 3 is 2.65 bits per heavy atom. The lowest BCUT2D eigenvalue weighted by atomic mass is 9.77. The third-order valence-electron chi connectivity index (χ3n) is 4.71. The number of hydrogen-bond acceptors (Lipinski definition) is 3. The molecule has 0 saturated heterocycles. The highest BCUT2D eigenvalue weighted by molar-refractivity contribution is 7.10. The number of hydrogen-bond donors (Lipinski definition) is 1. The zero-order chi connectivity index (χ0) is 14.4. The summed E-state index contributed by atoms with van der Waals surface area (Å²) in [6.07, 6.45) is 8.07. The molecule has 0 amide bonds. The molecule has 1 heterocycles. The van der Waals surface area contributed by atoms with Gasteiger partial charge in [-0.15, -0.1) is 11.3 Å². The van der Waals surface area contributed by atoms with Gasteiger partial charge in [0.2, 0.25) is 0 Å². The molecule has 0 spiro atoms. The molecular weight excluding hydrogens is 266 g/mol. The Labute approximate surface area is 127 Å². The Bertz CT molecular complexity index is 382. The molecule has 114 valence electrons. The quantitative estimate of drug-likeness (QED) is 0.763. The Morgan fingerprint density at radius 1 is 1.30 bits per heavy atom. The van der Waals surface area contributed by atoms with Crippen LogP contribution >= 0.6 is 11.3 Å². The first kappa shape index (κ1) is 15.8. The van der Waals surface area contributed by atoms with Crippen molar-refractivity contribution >= 4 is 11.3 Å². The number of ether oxygens (including phenoxy) is 1. The average Bonchev–Trinajstić information content (AvgIpc) is 2.96. The smallest absolute Gasteiger partial charge is 0.134 e. The number of nitrogens with one attached hydrogen (secondary N) is 1. The summed E-state index contributed by atoms with van der Waals surface area (Å²) in [5, 5.41) is 5.94. The van der Waals surface area contributed by atoms with Crippen LogP contribution in [-0.2, 0) is 0 Å². The van der Waals surface area contributed by atoms with Crippen molar-refractivity contribution in [3.05, 3.63) is 16.3 Å². The van der Waals surface area contributed by atoms with Crippen molar-refractivity contribution < 1.29 is 4.74 Å². The van der Waals surface area contributed by atoms with Crippen molar-refractivity contribution in [1.29, 1.82) is 0 Å². The van der Waals surface area contributed by atoms with Crippen LogP contribution < -0.4 is 10.1 Å². The van der Waals surface area contributed by atoms with Crippen LogP contribution in [-0.4, -0.2) is 13.7 Å². The third kappa shape index (κ3) is 3.76. The standard InChI is InChI=1S/C17H29NOS/c1-4-11-18-16(17-15(19-3)10-12-20-17)14-8-6-13(5-2)7-9-14/h10,12-14,16,18H,4-9,11H2,1-3H3. The highest BCUT2D eigenvalue weighted by Gasteiger charge is 2.30. The van der Waals surface area contributed by atoms with Crippen LogP contribution in [0.3, 0.4) is 0 Å². The summed E-state index contributed by atoms with van der Waals surface area (Å²) in [4.78, 5) is 1.40. The second-order valence-corrected chi connectivity index (χ2v) is 6.92. The molecule has 20 heavy (non-hydrogen) atoms. The molecule has 1 aromatic rings. The Balaban J connectivity index is 2.07. The summed E-state index contributed by atoms with van der Waals surface area (Å²) in [6.45, 7) is 5.67. The van der Waals surface area contributed by atoms with Gasteiger partial charge in [-0.05, 0) is 49.1 Å². The summed E-state index contributed by atoms with van der Waals surface area (Å²) < 4.78 is 5.55. The zero-order valence-electron chi connectivity index (χ0n) is 13.2. The van der Waals surface area contributed by atoms with Gasteiger partial charge in [0.05, 0.1) is 12.0 Å². The maximum Gasteiger partial charge on any atom is 0.134 e. The van der Waals surface area contributed by atoms with Crippen molar-refractivity contribution in [2.75, 3.05) is 13.7 Å². The molecule has 0 radical (unpaired) electrons. The first-order chi connectivity index (χ1) is 9.80.